The Morgan fingerprint density at radius 2 is 1.79 bits per heavy atom. The molecule has 1 aromatic heterocycles. The number of para-hydroxylation sites is 3. The zero-order valence-corrected chi connectivity index (χ0v) is 19.5. The Morgan fingerprint density at radius 3 is 2.56 bits per heavy atom. The number of carbonyl (C=O) groups excluding carboxylic acids is 2. The van der Waals surface area contributed by atoms with E-state index < -0.39 is 17.8 Å². The smallest absolute Gasteiger partial charge is 0.325 e. The number of hydrogen-bond donors (Lipinski definition) is 2. The molecule has 0 bridgehead atoms. The third kappa shape index (κ3) is 5.48. The number of aromatic nitrogens is 3. The Kier molecular flexibility index (Phi) is 7.63. The number of hydrogen-bond acceptors (Lipinski definition) is 7. The van der Waals surface area contributed by atoms with Gasteiger partial charge in [-0.05, 0) is 43.5 Å². The molecule has 4 rings (SSSR count). The highest BCUT2D eigenvalue weighted by Crippen LogP contribution is 2.32. The maximum Gasteiger partial charge on any atom is 0.325 e. The van der Waals surface area contributed by atoms with Crippen molar-refractivity contribution in [1.82, 2.24) is 20.1 Å². The van der Waals surface area contributed by atoms with Gasteiger partial charge in [0.1, 0.15) is 11.6 Å². The Balaban J connectivity index is 1.49. The number of rotatable bonds is 7. The van der Waals surface area contributed by atoms with Crippen LogP contribution >= 0.6 is 11.8 Å². The molecule has 1 aliphatic heterocycles. The van der Waals surface area contributed by atoms with Crippen LogP contribution in [0, 0.1) is 5.82 Å². The number of ether oxygens (including phenoxy) is 1. The quantitative estimate of drug-likeness (QED) is 0.491. The van der Waals surface area contributed by atoms with Crippen LogP contribution in [-0.4, -0.2) is 52.7 Å². The number of benzene rings is 2. The van der Waals surface area contributed by atoms with Gasteiger partial charge in [-0.3, -0.25) is 14.7 Å². The maximum absolute atomic E-state index is 13.7. The maximum atomic E-state index is 13.7. The summed E-state index contributed by atoms with van der Waals surface area (Å²) < 4.78 is 21.1. The molecule has 0 aliphatic carbocycles. The van der Waals surface area contributed by atoms with Gasteiger partial charge in [0.25, 0.3) is 0 Å². The standard InChI is InChI=1S/C23H25FN6O3S/c1-33-19-12-6-5-11-18(19)30-22(29-13-7-2-8-14-29)27-28-23(30)34-15-20(31)26-21(32)25-17-10-4-3-9-16(17)24/h3-6,9-12H,2,7-8,13-15H2,1H3,(H2,25,26,31,32). The zero-order chi connectivity index (χ0) is 23.9. The summed E-state index contributed by atoms with van der Waals surface area (Å²) in [4.78, 5) is 26.7. The van der Waals surface area contributed by atoms with Crippen LogP contribution in [0.5, 0.6) is 5.75 Å². The van der Waals surface area contributed by atoms with Gasteiger partial charge in [0.05, 0.1) is 24.2 Å². The number of imide groups is 1. The Hall–Kier alpha value is -3.60. The van der Waals surface area contributed by atoms with Gasteiger partial charge in [-0.15, -0.1) is 10.2 Å². The van der Waals surface area contributed by atoms with Gasteiger partial charge in [-0.1, -0.05) is 36.0 Å². The van der Waals surface area contributed by atoms with Crippen molar-refractivity contribution in [2.24, 2.45) is 0 Å². The minimum absolute atomic E-state index is 0.0115. The van der Waals surface area contributed by atoms with Crippen molar-refractivity contribution in [3.05, 3.63) is 54.3 Å². The molecule has 9 nitrogen and oxygen atoms in total. The number of methoxy groups -OCH3 is 1. The molecule has 1 aliphatic rings. The molecule has 0 spiro atoms. The summed E-state index contributed by atoms with van der Waals surface area (Å²) in [7, 11) is 1.60. The molecule has 0 unspecified atom stereocenters. The number of urea groups is 1. The summed E-state index contributed by atoms with van der Waals surface area (Å²) in [6.45, 7) is 1.74. The molecule has 1 saturated heterocycles. The molecule has 1 fully saturated rings. The number of nitrogens with zero attached hydrogens (tertiary/aromatic N) is 4. The molecule has 178 valence electrons. The predicted molar refractivity (Wildman–Crippen MR) is 128 cm³/mol. The second-order valence-corrected chi connectivity index (χ2v) is 8.55. The summed E-state index contributed by atoms with van der Waals surface area (Å²) in [5.74, 6) is 0.112. The molecule has 0 saturated carbocycles. The lowest BCUT2D eigenvalue weighted by molar-refractivity contribution is -0.117. The fraction of sp³-hybridized carbons (Fsp3) is 0.304. The van der Waals surface area contributed by atoms with Gasteiger partial charge in [-0.25, -0.2) is 9.18 Å². The van der Waals surface area contributed by atoms with Gasteiger partial charge in [0.2, 0.25) is 11.9 Å². The van der Waals surface area contributed by atoms with Crippen molar-refractivity contribution >= 4 is 35.3 Å². The number of anilines is 2. The summed E-state index contributed by atoms with van der Waals surface area (Å²) in [6, 6.07) is 12.4. The van der Waals surface area contributed by atoms with E-state index in [2.05, 4.69) is 25.7 Å². The molecule has 2 heterocycles. The third-order valence-electron chi connectivity index (χ3n) is 5.29. The first kappa shape index (κ1) is 23.6. The van der Waals surface area contributed by atoms with Crippen molar-refractivity contribution in [3.63, 3.8) is 0 Å². The second kappa shape index (κ2) is 11.0. The van der Waals surface area contributed by atoms with Crippen molar-refractivity contribution in [2.45, 2.75) is 24.4 Å². The third-order valence-corrected chi connectivity index (χ3v) is 6.22. The highest BCUT2D eigenvalue weighted by Gasteiger charge is 2.24. The number of thioether (sulfide) groups is 1. The first-order chi connectivity index (χ1) is 16.6. The van der Waals surface area contributed by atoms with E-state index in [9.17, 15) is 14.0 Å². The minimum atomic E-state index is -0.809. The van der Waals surface area contributed by atoms with Crippen molar-refractivity contribution in [3.8, 4) is 11.4 Å². The Labute approximate surface area is 200 Å². The normalized spacial score (nSPS) is 13.4. The van der Waals surface area contributed by atoms with Gasteiger partial charge in [-0.2, -0.15) is 0 Å². The molecule has 2 N–H and O–H groups in total. The highest BCUT2D eigenvalue weighted by molar-refractivity contribution is 7.99. The van der Waals surface area contributed by atoms with Gasteiger partial charge >= 0.3 is 6.03 Å². The summed E-state index contributed by atoms with van der Waals surface area (Å²) in [6.07, 6.45) is 3.32. The minimum Gasteiger partial charge on any atom is -0.495 e. The molecule has 11 heteroatoms. The summed E-state index contributed by atoms with van der Waals surface area (Å²) >= 11 is 1.15. The van der Waals surface area contributed by atoms with E-state index in [-0.39, 0.29) is 11.4 Å². The van der Waals surface area contributed by atoms with Crippen LogP contribution in [0.15, 0.2) is 53.7 Å². The van der Waals surface area contributed by atoms with E-state index in [1.165, 1.54) is 24.6 Å². The lowest BCUT2D eigenvalue weighted by atomic mass is 10.1. The second-order valence-electron chi connectivity index (χ2n) is 7.61. The van der Waals surface area contributed by atoms with Crippen molar-refractivity contribution < 1.29 is 18.7 Å². The fourth-order valence-corrected chi connectivity index (χ4v) is 4.43. The van der Waals surface area contributed by atoms with Gasteiger partial charge in [0.15, 0.2) is 5.16 Å². The molecule has 34 heavy (non-hydrogen) atoms. The van der Waals surface area contributed by atoms with Crippen LogP contribution in [-0.2, 0) is 4.79 Å². The summed E-state index contributed by atoms with van der Waals surface area (Å²) in [5.41, 5.74) is 0.748. The van der Waals surface area contributed by atoms with Crippen molar-refractivity contribution in [1.29, 1.82) is 0 Å². The number of halogens is 1. The first-order valence-corrected chi connectivity index (χ1v) is 11.9. The number of carbonyl (C=O) groups is 2. The molecular weight excluding hydrogens is 459 g/mol. The van der Waals surface area contributed by atoms with E-state index in [4.69, 9.17) is 4.74 Å². The number of piperidine rings is 1. The molecule has 2 aromatic carbocycles. The van der Waals surface area contributed by atoms with E-state index >= 15 is 0 Å². The van der Waals surface area contributed by atoms with Crippen LogP contribution in [0.4, 0.5) is 20.8 Å². The van der Waals surface area contributed by atoms with E-state index in [1.807, 2.05) is 28.8 Å². The largest absolute Gasteiger partial charge is 0.495 e. The predicted octanol–water partition coefficient (Wildman–Crippen LogP) is 3.85. The molecular formula is C23H25FN6O3S. The SMILES string of the molecule is COc1ccccc1-n1c(SCC(=O)NC(=O)Nc2ccccc2F)nnc1N1CCCCC1. The lowest BCUT2D eigenvalue weighted by Gasteiger charge is -2.28. The Bertz CT molecular complexity index is 1170. The molecule has 3 aromatic rings. The van der Waals surface area contributed by atoms with E-state index in [0.29, 0.717) is 16.9 Å². The van der Waals surface area contributed by atoms with Crippen LogP contribution in [0.3, 0.4) is 0 Å². The van der Waals surface area contributed by atoms with Crippen LogP contribution < -0.4 is 20.3 Å². The highest BCUT2D eigenvalue weighted by atomic mass is 32.2. The number of nitrogens with one attached hydrogen (secondary N) is 2. The number of amides is 3. The molecule has 0 atom stereocenters. The Morgan fingerprint density at radius 1 is 1.06 bits per heavy atom. The van der Waals surface area contributed by atoms with E-state index in [1.54, 1.807) is 13.2 Å². The first-order valence-electron chi connectivity index (χ1n) is 10.9. The molecule has 0 radical (unpaired) electrons. The summed E-state index contributed by atoms with van der Waals surface area (Å²) in [5, 5.41) is 13.8. The fourth-order valence-electron chi connectivity index (χ4n) is 3.69. The van der Waals surface area contributed by atoms with Crippen LogP contribution in [0.1, 0.15) is 19.3 Å². The zero-order valence-electron chi connectivity index (χ0n) is 18.7. The van der Waals surface area contributed by atoms with E-state index in [0.717, 1.165) is 43.4 Å². The topological polar surface area (TPSA) is 101 Å². The van der Waals surface area contributed by atoms with Crippen LogP contribution in [0.25, 0.3) is 5.69 Å². The average Bonchev–Trinajstić information content (AvgIpc) is 3.28. The van der Waals surface area contributed by atoms with Gasteiger partial charge in [0, 0.05) is 13.1 Å². The average molecular weight is 485 g/mol. The monoisotopic (exact) mass is 484 g/mol. The van der Waals surface area contributed by atoms with Crippen LogP contribution in [0.2, 0.25) is 0 Å². The molecule has 3 amide bonds. The lowest BCUT2D eigenvalue weighted by Crippen LogP contribution is -2.35. The van der Waals surface area contributed by atoms with Gasteiger partial charge < -0.3 is 15.0 Å². The van der Waals surface area contributed by atoms with Crippen molar-refractivity contribution in [2.75, 3.05) is 36.2 Å².